The molecule has 0 aliphatic carbocycles. The zero-order chi connectivity index (χ0) is 15.5. The van der Waals surface area contributed by atoms with Gasteiger partial charge in [0.1, 0.15) is 18.8 Å². The molecule has 21 heavy (non-hydrogen) atoms. The molecule has 0 aliphatic heterocycles. The highest BCUT2D eigenvalue weighted by Gasteiger charge is 2.27. The molecule has 0 aromatic carbocycles. The van der Waals surface area contributed by atoms with Gasteiger partial charge in [0.25, 0.3) is 0 Å². The number of aryl methyl sites for hydroxylation is 1. The number of esters is 1. The number of halogens is 3. The van der Waals surface area contributed by atoms with E-state index in [4.69, 9.17) is 4.74 Å². The number of nitrogens with zero attached hydrogens (tertiary/aromatic N) is 3. The first-order valence-corrected chi connectivity index (χ1v) is 6.00. The van der Waals surface area contributed by atoms with Crippen LogP contribution in [-0.2, 0) is 9.47 Å². The first-order valence-electron chi connectivity index (χ1n) is 6.00. The largest absolute Gasteiger partial charge is 0.459 e. The standard InChI is InChI=1S/C12H12F3N3O3/c1-8-9(10-16-3-2-4-18(10)17-8)11(19)21-6-5-20-7-12(13,14)15/h2-4H,5-7H2,1H3. The van der Waals surface area contributed by atoms with E-state index in [-0.39, 0.29) is 18.8 Å². The molecule has 0 bridgehead atoms. The van der Waals surface area contributed by atoms with Gasteiger partial charge >= 0.3 is 12.1 Å². The number of rotatable bonds is 5. The molecule has 2 rings (SSSR count). The van der Waals surface area contributed by atoms with Crippen LogP contribution in [-0.4, -0.2) is 46.6 Å². The summed E-state index contributed by atoms with van der Waals surface area (Å²) in [6.07, 6.45) is -1.27. The number of hydrogen-bond acceptors (Lipinski definition) is 5. The minimum atomic E-state index is -4.40. The summed E-state index contributed by atoms with van der Waals surface area (Å²) in [5, 5.41) is 4.08. The van der Waals surface area contributed by atoms with Crippen molar-refractivity contribution in [2.75, 3.05) is 19.8 Å². The second kappa shape index (κ2) is 6.08. The molecule has 0 spiro atoms. The fraction of sp³-hybridized carbons (Fsp3) is 0.417. The molecule has 2 heterocycles. The van der Waals surface area contributed by atoms with Gasteiger partial charge in [-0.15, -0.1) is 0 Å². The third kappa shape index (κ3) is 3.91. The highest BCUT2D eigenvalue weighted by atomic mass is 19.4. The summed E-state index contributed by atoms with van der Waals surface area (Å²) in [5.74, 6) is -0.697. The summed E-state index contributed by atoms with van der Waals surface area (Å²) in [4.78, 5) is 15.9. The Kier molecular flexibility index (Phi) is 4.41. The number of alkyl halides is 3. The summed E-state index contributed by atoms with van der Waals surface area (Å²) in [6, 6.07) is 1.65. The van der Waals surface area contributed by atoms with E-state index in [0.717, 1.165) is 0 Å². The van der Waals surface area contributed by atoms with Gasteiger partial charge in [0, 0.05) is 12.4 Å². The van der Waals surface area contributed by atoms with E-state index in [0.29, 0.717) is 11.3 Å². The summed E-state index contributed by atoms with van der Waals surface area (Å²) in [7, 11) is 0. The molecule has 2 aromatic heterocycles. The summed E-state index contributed by atoms with van der Waals surface area (Å²) < 4.78 is 46.2. The van der Waals surface area contributed by atoms with Gasteiger partial charge in [-0.2, -0.15) is 18.3 Å². The maximum atomic E-state index is 11.9. The molecule has 2 aromatic rings. The molecule has 0 aliphatic rings. The molecule has 114 valence electrons. The van der Waals surface area contributed by atoms with Crippen molar-refractivity contribution in [2.24, 2.45) is 0 Å². The minimum Gasteiger partial charge on any atom is -0.459 e. The lowest BCUT2D eigenvalue weighted by Crippen LogP contribution is -2.20. The maximum Gasteiger partial charge on any atom is 0.411 e. The van der Waals surface area contributed by atoms with Gasteiger partial charge in [-0.1, -0.05) is 0 Å². The smallest absolute Gasteiger partial charge is 0.411 e. The fourth-order valence-electron chi connectivity index (χ4n) is 1.69. The van der Waals surface area contributed by atoms with Crippen LogP contribution >= 0.6 is 0 Å². The Bertz CT molecular complexity index is 639. The predicted molar refractivity (Wildman–Crippen MR) is 64.9 cm³/mol. The first-order chi connectivity index (χ1) is 9.88. The van der Waals surface area contributed by atoms with E-state index in [9.17, 15) is 18.0 Å². The van der Waals surface area contributed by atoms with Crippen LogP contribution < -0.4 is 0 Å². The average Bonchev–Trinajstić information content (AvgIpc) is 2.72. The number of ether oxygens (including phenoxy) is 2. The van der Waals surface area contributed by atoms with Crippen molar-refractivity contribution >= 4 is 11.6 Å². The van der Waals surface area contributed by atoms with Crippen LogP contribution in [0.1, 0.15) is 16.1 Å². The van der Waals surface area contributed by atoms with Crippen molar-refractivity contribution in [2.45, 2.75) is 13.1 Å². The van der Waals surface area contributed by atoms with Crippen LogP contribution in [0, 0.1) is 6.92 Å². The Hall–Kier alpha value is -2.16. The molecule has 0 saturated carbocycles. The third-order valence-corrected chi connectivity index (χ3v) is 2.50. The van der Waals surface area contributed by atoms with Crippen molar-refractivity contribution in [3.63, 3.8) is 0 Å². The highest BCUT2D eigenvalue weighted by molar-refractivity contribution is 5.97. The summed E-state index contributed by atoms with van der Waals surface area (Å²) in [6.45, 7) is -0.372. The number of carbonyl (C=O) groups is 1. The fourth-order valence-corrected chi connectivity index (χ4v) is 1.69. The third-order valence-electron chi connectivity index (χ3n) is 2.50. The van der Waals surface area contributed by atoms with E-state index >= 15 is 0 Å². The van der Waals surface area contributed by atoms with Crippen molar-refractivity contribution in [3.8, 4) is 0 Å². The zero-order valence-corrected chi connectivity index (χ0v) is 11.1. The monoisotopic (exact) mass is 303 g/mol. The Morgan fingerprint density at radius 1 is 1.38 bits per heavy atom. The van der Waals surface area contributed by atoms with E-state index in [1.54, 1.807) is 19.2 Å². The van der Waals surface area contributed by atoms with Crippen LogP contribution in [0.15, 0.2) is 18.5 Å². The van der Waals surface area contributed by atoms with Gasteiger partial charge in [0.05, 0.1) is 12.3 Å². The summed E-state index contributed by atoms with van der Waals surface area (Å²) >= 11 is 0. The quantitative estimate of drug-likeness (QED) is 0.622. The molecule has 0 N–H and O–H groups in total. The van der Waals surface area contributed by atoms with E-state index in [2.05, 4.69) is 14.8 Å². The summed E-state index contributed by atoms with van der Waals surface area (Å²) in [5.41, 5.74) is 0.942. The van der Waals surface area contributed by atoms with Crippen molar-refractivity contribution in [1.82, 2.24) is 14.6 Å². The maximum absolute atomic E-state index is 11.9. The topological polar surface area (TPSA) is 65.7 Å². The molecule has 0 atom stereocenters. The zero-order valence-electron chi connectivity index (χ0n) is 11.1. The van der Waals surface area contributed by atoms with Crippen LogP contribution in [0.25, 0.3) is 5.65 Å². The van der Waals surface area contributed by atoms with Gasteiger partial charge in [-0.3, -0.25) is 0 Å². The molecule has 0 fully saturated rings. The SMILES string of the molecule is Cc1nn2cccnc2c1C(=O)OCCOCC(F)(F)F. The van der Waals surface area contributed by atoms with Gasteiger partial charge in [-0.05, 0) is 13.0 Å². The Labute approximate surface area is 117 Å². The lowest BCUT2D eigenvalue weighted by molar-refractivity contribution is -0.175. The molecule has 0 amide bonds. The van der Waals surface area contributed by atoms with Gasteiger partial charge < -0.3 is 9.47 Å². The van der Waals surface area contributed by atoms with Crippen LogP contribution in [0.5, 0.6) is 0 Å². The molecule has 6 nitrogen and oxygen atoms in total. The van der Waals surface area contributed by atoms with E-state index < -0.39 is 18.8 Å². The predicted octanol–water partition coefficient (Wildman–Crippen LogP) is 1.77. The van der Waals surface area contributed by atoms with E-state index in [1.165, 1.54) is 10.7 Å². The second-order valence-corrected chi connectivity index (χ2v) is 4.15. The highest BCUT2D eigenvalue weighted by Crippen LogP contribution is 2.15. The van der Waals surface area contributed by atoms with Gasteiger partial charge in [-0.25, -0.2) is 14.3 Å². The average molecular weight is 303 g/mol. The number of aromatic nitrogens is 3. The van der Waals surface area contributed by atoms with E-state index in [1.807, 2.05) is 0 Å². The lowest BCUT2D eigenvalue weighted by Gasteiger charge is -2.08. The molecule has 0 unspecified atom stereocenters. The molecular formula is C12H12F3N3O3. The van der Waals surface area contributed by atoms with Gasteiger partial charge in [0.2, 0.25) is 0 Å². The molecular weight excluding hydrogens is 291 g/mol. The van der Waals surface area contributed by atoms with Crippen molar-refractivity contribution in [3.05, 3.63) is 29.7 Å². The Morgan fingerprint density at radius 2 is 2.14 bits per heavy atom. The number of fused-ring (bicyclic) bond motifs is 1. The Morgan fingerprint density at radius 3 is 2.86 bits per heavy atom. The van der Waals surface area contributed by atoms with Crippen molar-refractivity contribution in [1.29, 1.82) is 0 Å². The normalized spacial score (nSPS) is 11.8. The van der Waals surface area contributed by atoms with Crippen LogP contribution in [0.4, 0.5) is 13.2 Å². The van der Waals surface area contributed by atoms with Gasteiger partial charge in [0.15, 0.2) is 5.65 Å². The van der Waals surface area contributed by atoms with Crippen molar-refractivity contribution < 1.29 is 27.4 Å². The Balaban J connectivity index is 1.92. The molecule has 0 radical (unpaired) electrons. The van der Waals surface area contributed by atoms with Crippen LogP contribution in [0.2, 0.25) is 0 Å². The molecule has 9 heteroatoms. The number of hydrogen-bond donors (Lipinski definition) is 0. The minimum absolute atomic E-state index is 0.187. The first kappa shape index (κ1) is 15.2. The van der Waals surface area contributed by atoms with Crippen LogP contribution in [0.3, 0.4) is 0 Å². The number of carbonyl (C=O) groups excluding carboxylic acids is 1. The second-order valence-electron chi connectivity index (χ2n) is 4.15. The lowest BCUT2D eigenvalue weighted by atomic mass is 10.2. The molecule has 0 saturated heterocycles.